The van der Waals surface area contributed by atoms with E-state index in [9.17, 15) is 14.7 Å². The number of methoxy groups -OCH3 is 2. The summed E-state index contributed by atoms with van der Waals surface area (Å²) in [5, 5.41) is 25.7. The Bertz CT molecular complexity index is 987. The van der Waals surface area contributed by atoms with Gasteiger partial charge in [-0.2, -0.15) is 5.26 Å². The van der Waals surface area contributed by atoms with Crippen LogP contribution < -0.4 is 20.1 Å². The van der Waals surface area contributed by atoms with Crippen molar-refractivity contribution in [2.75, 3.05) is 34.0 Å². The number of rotatable bonds is 19. The number of aliphatic hydroxyl groups excluding tert-OH is 1. The van der Waals surface area contributed by atoms with Gasteiger partial charge in [0, 0.05) is 39.0 Å². The van der Waals surface area contributed by atoms with Crippen LogP contribution in [0.5, 0.6) is 11.5 Å². The third-order valence-electron chi connectivity index (χ3n) is 6.95. The predicted molar refractivity (Wildman–Crippen MR) is 162 cm³/mol. The second-order valence-corrected chi connectivity index (χ2v) is 12.1. The Morgan fingerprint density at radius 3 is 2.36 bits per heavy atom. The highest BCUT2D eigenvalue weighted by Crippen LogP contribution is 2.32. The normalized spacial score (nSPS) is 14.3. The molecule has 0 unspecified atom stereocenters. The van der Waals surface area contributed by atoms with Crippen molar-refractivity contribution in [3.8, 4) is 17.6 Å². The smallest absolute Gasteiger partial charge is 0.407 e. The van der Waals surface area contributed by atoms with E-state index in [1.54, 1.807) is 41.9 Å². The molecule has 0 spiro atoms. The lowest BCUT2D eigenvalue weighted by molar-refractivity contribution is -0.125. The number of nitrogens with one attached hydrogen (secondary N) is 2. The minimum absolute atomic E-state index is 0.0874. The first-order chi connectivity index (χ1) is 19.8. The van der Waals surface area contributed by atoms with Gasteiger partial charge in [-0.3, -0.25) is 4.79 Å². The zero-order valence-corrected chi connectivity index (χ0v) is 26.8. The average Bonchev–Trinajstić information content (AvgIpc) is 2.91. The summed E-state index contributed by atoms with van der Waals surface area (Å²) in [4.78, 5) is 25.4. The first kappa shape index (κ1) is 37.0. The number of aliphatic hydroxyl groups is 1. The summed E-state index contributed by atoms with van der Waals surface area (Å²) in [7, 11) is 3.26. The monoisotopic (exact) mass is 591 g/mol. The number of nitriles is 1. The van der Waals surface area contributed by atoms with Crippen molar-refractivity contribution in [2.45, 2.75) is 97.8 Å². The SMILES string of the molecule is COCCCOc1cc(C[C@@H](C[C@H](NC(=O)OC(C)(C)C)[C@@H](O)C[C@@H](C)C(=O)NCCCC#N)C(C)C)ccc1OC. The van der Waals surface area contributed by atoms with Crippen molar-refractivity contribution in [3.63, 3.8) is 0 Å². The summed E-state index contributed by atoms with van der Waals surface area (Å²) in [5.41, 5.74) is 0.350. The van der Waals surface area contributed by atoms with E-state index < -0.39 is 29.8 Å². The topological polar surface area (TPSA) is 139 Å². The van der Waals surface area contributed by atoms with Crippen LogP contribution in [0.2, 0.25) is 0 Å². The molecule has 238 valence electrons. The zero-order chi connectivity index (χ0) is 31.7. The summed E-state index contributed by atoms with van der Waals surface area (Å²) in [6, 6.07) is 7.29. The van der Waals surface area contributed by atoms with E-state index in [-0.39, 0.29) is 24.2 Å². The molecule has 4 atom stereocenters. The van der Waals surface area contributed by atoms with E-state index in [1.807, 2.05) is 18.2 Å². The Morgan fingerprint density at radius 1 is 1.05 bits per heavy atom. The van der Waals surface area contributed by atoms with Gasteiger partial charge >= 0.3 is 6.09 Å². The van der Waals surface area contributed by atoms with Gasteiger partial charge in [-0.15, -0.1) is 0 Å². The van der Waals surface area contributed by atoms with Crippen LogP contribution in [0.25, 0.3) is 0 Å². The van der Waals surface area contributed by atoms with Crippen LogP contribution in [-0.4, -0.2) is 68.8 Å². The second-order valence-electron chi connectivity index (χ2n) is 12.1. The largest absolute Gasteiger partial charge is 0.493 e. The fourth-order valence-electron chi connectivity index (χ4n) is 4.52. The molecule has 1 aromatic carbocycles. The Hall–Kier alpha value is -3.03. The van der Waals surface area contributed by atoms with Gasteiger partial charge in [0.25, 0.3) is 0 Å². The Balaban J connectivity index is 3.09. The number of hydrogen-bond acceptors (Lipinski definition) is 8. The minimum atomic E-state index is -0.978. The molecule has 0 saturated carbocycles. The highest BCUT2D eigenvalue weighted by Gasteiger charge is 2.31. The molecule has 10 nitrogen and oxygen atoms in total. The fraction of sp³-hybridized carbons (Fsp3) is 0.719. The van der Waals surface area contributed by atoms with Crippen molar-refractivity contribution in [2.24, 2.45) is 17.8 Å². The lowest BCUT2D eigenvalue weighted by Gasteiger charge is -2.32. The highest BCUT2D eigenvalue weighted by atomic mass is 16.6. The molecule has 3 N–H and O–H groups in total. The zero-order valence-electron chi connectivity index (χ0n) is 26.8. The lowest BCUT2D eigenvalue weighted by atomic mass is 9.82. The molecule has 0 aliphatic rings. The van der Waals surface area contributed by atoms with Crippen molar-refractivity contribution < 1.29 is 33.6 Å². The maximum absolute atomic E-state index is 12.8. The van der Waals surface area contributed by atoms with Gasteiger partial charge in [-0.25, -0.2) is 4.79 Å². The van der Waals surface area contributed by atoms with E-state index in [0.717, 1.165) is 12.0 Å². The van der Waals surface area contributed by atoms with Gasteiger partial charge in [0.05, 0.1) is 31.9 Å². The second kappa shape index (κ2) is 19.2. The third kappa shape index (κ3) is 14.7. The number of alkyl carbamates (subject to hydrolysis) is 1. The van der Waals surface area contributed by atoms with E-state index in [4.69, 9.17) is 24.2 Å². The van der Waals surface area contributed by atoms with Gasteiger partial charge in [0.1, 0.15) is 5.60 Å². The summed E-state index contributed by atoms with van der Waals surface area (Å²) < 4.78 is 22.1. The van der Waals surface area contributed by atoms with E-state index in [0.29, 0.717) is 56.9 Å². The van der Waals surface area contributed by atoms with Gasteiger partial charge in [0.2, 0.25) is 5.91 Å². The molecule has 0 saturated heterocycles. The third-order valence-corrected chi connectivity index (χ3v) is 6.95. The number of ether oxygens (including phenoxy) is 4. The number of benzene rings is 1. The van der Waals surface area contributed by atoms with Gasteiger partial charge < -0.3 is 34.7 Å². The van der Waals surface area contributed by atoms with Crippen LogP contribution in [-0.2, 0) is 20.7 Å². The van der Waals surface area contributed by atoms with Crippen LogP contribution >= 0.6 is 0 Å². The molecule has 1 aromatic rings. The van der Waals surface area contributed by atoms with Crippen molar-refractivity contribution >= 4 is 12.0 Å². The highest BCUT2D eigenvalue weighted by molar-refractivity contribution is 5.78. The van der Waals surface area contributed by atoms with Crippen LogP contribution in [0.4, 0.5) is 4.79 Å². The molecule has 0 heterocycles. The van der Waals surface area contributed by atoms with Gasteiger partial charge in [-0.05, 0) is 76.0 Å². The van der Waals surface area contributed by atoms with E-state index in [2.05, 4.69) is 30.6 Å². The molecule has 0 aliphatic heterocycles. The van der Waals surface area contributed by atoms with Crippen molar-refractivity contribution in [1.82, 2.24) is 10.6 Å². The van der Waals surface area contributed by atoms with Gasteiger partial charge in [-0.1, -0.05) is 26.8 Å². The standard InChI is InChI=1S/C32H53N3O7/c1-22(2)25(19-24-12-13-28(40-8)29(20-24)41-17-11-16-39-7)21-26(35-31(38)42-32(4,5)6)27(36)18-23(3)30(37)34-15-10-9-14-33/h12-13,20,22-23,25-27,36H,9-11,15-19,21H2,1-8H3,(H,34,37)(H,35,38)/t23-,25+,26+,27+/m1/s1. The van der Waals surface area contributed by atoms with Crippen molar-refractivity contribution in [3.05, 3.63) is 23.8 Å². The lowest BCUT2D eigenvalue weighted by Crippen LogP contribution is -2.48. The van der Waals surface area contributed by atoms with E-state index in [1.165, 1.54) is 0 Å². The molecule has 0 aliphatic carbocycles. The van der Waals surface area contributed by atoms with E-state index >= 15 is 0 Å². The number of unbranched alkanes of at least 4 members (excludes halogenated alkanes) is 1. The number of hydrogen-bond donors (Lipinski definition) is 3. The quantitative estimate of drug-likeness (QED) is 0.191. The maximum Gasteiger partial charge on any atom is 0.407 e. The van der Waals surface area contributed by atoms with Crippen LogP contribution in [0, 0.1) is 29.1 Å². The Labute approximate surface area is 252 Å². The number of amides is 2. The molecule has 0 radical (unpaired) electrons. The fourth-order valence-corrected chi connectivity index (χ4v) is 4.52. The van der Waals surface area contributed by atoms with Crippen LogP contribution in [0.15, 0.2) is 18.2 Å². The summed E-state index contributed by atoms with van der Waals surface area (Å²) in [6.45, 7) is 12.8. The molecule has 1 rings (SSSR count). The average molecular weight is 592 g/mol. The molecule has 42 heavy (non-hydrogen) atoms. The summed E-state index contributed by atoms with van der Waals surface area (Å²) >= 11 is 0. The molecule has 0 bridgehead atoms. The summed E-state index contributed by atoms with van der Waals surface area (Å²) in [5.74, 6) is 0.948. The van der Waals surface area contributed by atoms with Crippen LogP contribution in [0.3, 0.4) is 0 Å². The number of carbonyl (C=O) groups is 2. The van der Waals surface area contributed by atoms with Gasteiger partial charge in [0.15, 0.2) is 11.5 Å². The molecule has 2 amide bonds. The molecular weight excluding hydrogens is 538 g/mol. The predicted octanol–water partition coefficient (Wildman–Crippen LogP) is 5.02. The Morgan fingerprint density at radius 2 is 1.76 bits per heavy atom. The summed E-state index contributed by atoms with van der Waals surface area (Å²) in [6.07, 6.45) is 1.43. The first-order valence-electron chi connectivity index (χ1n) is 14.9. The van der Waals surface area contributed by atoms with Crippen molar-refractivity contribution in [1.29, 1.82) is 5.26 Å². The minimum Gasteiger partial charge on any atom is -0.493 e. The van der Waals surface area contributed by atoms with Crippen LogP contribution in [0.1, 0.15) is 79.2 Å². The number of carbonyl (C=O) groups excluding carboxylic acids is 2. The molecule has 0 aromatic heterocycles. The molecular formula is C32H53N3O7. The molecule has 10 heteroatoms. The maximum atomic E-state index is 12.8. The first-order valence-corrected chi connectivity index (χ1v) is 14.9. The molecule has 0 fully saturated rings. The Kier molecular flexibility index (Phi) is 16.9. The number of nitrogens with zero attached hydrogens (tertiary/aromatic N) is 1.